The second kappa shape index (κ2) is 27.2. The summed E-state index contributed by atoms with van der Waals surface area (Å²) in [7, 11) is -9.10. The van der Waals surface area contributed by atoms with E-state index in [1.54, 1.807) is 0 Å². The van der Waals surface area contributed by atoms with Crippen molar-refractivity contribution in [3.63, 3.8) is 0 Å². The molecule has 2 unspecified atom stereocenters. The summed E-state index contributed by atoms with van der Waals surface area (Å²) in [5.41, 5.74) is 0. The number of ether oxygens (including phenoxy) is 3. The minimum Gasteiger partial charge on any atom is -0.377 e. The SMILES string of the molecule is CCCCCCCCCCC(COS(=O)(=O)O)OCCOCCOCC(CCCCCCCCCC)OS(=O)(=O)O. The van der Waals surface area contributed by atoms with E-state index in [-0.39, 0.29) is 39.6 Å². The summed E-state index contributed by atoms with van der Waals surface area (Å²) >= 11 is 0. The molecule has 0 fully saturated rings. The lowest BCUT2D eigenvalue weighted by Gasteiger charge is -2.17. The van der Waals surface area contributed by atoms with Crippen LogP contribution in [0.2, 0.25) is 0 Å². The quantitative estimate of drug-likeness (QED) is 0.0617. The standard InChI is InChI=1S/C28H58O11S2/c1-3-5-7-9-11-13-15-17-19-27(26-38-40(29,30)31)37-24-23-35-21-22-36-25-28(39-41(32,33)34)20-18-16-14-12-10-8-6-4-2/h27-28H,3-26H2,1-2H3,(H,29,30,31)(H,32,33,34). The van der Waals surface area contributed by atoms with Crippen molar-refractivity contribution < 1.29 is 48.5 Å². The fourth-order valence-electron chi connectivity index (χ4n) is 4.43. The zero-order valence-corrected chi connectivity index (χ0v) is 27.1. The molecule has 41 heavy (non-hydrogen) atoms. The van der Waals surface area contributed by atoms with Crippen LogP contribution in [-0.4, -0.2) is 77.8 Å². The summed E-state index contributed by atoms with van der Waals surface area (Å²) in [4.78, 5) is 0. The average Bonchev–Trinajstić information content (AvgIpc) is 2.89. The van der Waals surface area contributed by atoms with Crippen molar-refractivity contribution in [2.24, 2.45) is 0 Å². The third-order valence-corrected chi connectivity index (χ3v) is 7.63. The van der Waals surface area contributed by atoms with Gasteiger partial charge in [0.05, 0.1) is 45.7 Å². The van der Waals surface area contributed by atoms with Crippen molar-refractivity contribution in [2.45, 2.75) is 142 Å². The van der Waals surface area contributed by atoms with Crippen LogP contribution in [0.25, 0.3) is 0 Å². The minimum absolute atomic E-state index is 0.0177. The van der Waals surface area contributed by atoms with Crippen LogP contribution in [0.5, 0.6) is 0 Å². The highest BCUT2D eigenvalue weighted by molar-refractivity contribution is 7.81. The maximum atomic E-state index is 11.2. The topological polar surface area (TPSA) is 155 Å². The molecule has 0 bridgehead atoms. The highest BCUT2D eigenvalue weighted by Gasteiger charge is 2.17. The Bertz CT molecular complexity index is 776. The first-order valence-corrected chi connectivity index (χ1v) is 18.3. The van der Waals surface area contributed by atoms with E-state index in [2.05, 4.69) is 18.0 Å². The van der Waals surface area contributed by atoms with Gasteiger partial charge in [-0.1, -0.05) is 117 Å². The van der Waals surface area contributed by atoms with Gasteiger partial charge in [0.15, 0.2) is 0 Å². The molecule has 0 aliphatic carbocycles. The second-order valence-corrected chi connectivity index (χ2v) is 12.7. The van der Waals surface area contributed by atoms with Crippen LogP contribution in [0.4, 0.5) is 0 Å². The summed E-state index contributed by atoms with van der Waals surface area (Å²) in [6, 6.07) is 0. The van der Waals surface area contributed by atoms with Gasteiger partial charge in [-0.3, -0.25) is 9.11 Å². The molecule has 0 saturated carbocycles. The summed E-state index contributed by atoms with van der Waals surface area (Å²) in [6.07, 6.45) is 17.9. The van der Waals surface area contributed by atoms with E-state index in [9.17, 15) is 16.8 Å². The fourth-order valence-corrected chi connectivity index (χ4v) is 5.25. The lowest BCUT2D eigenvalue weighted by atomic mass is 10.1. The zero-order chi connectivity index (χ0) is 30.7. The molecule has 0 aromatic carbocycles. The average molecular weight is 635 g/mol. The fraction of sp³-hybridized carbons (Fsp3) is 1.00. The molecule has 248 valence electrons. The lowest BCUT2D eigenvalue weighted by molar-refractivity contribution is -0.0344. The Morgan fingerprint density at radius 1 is 0.512 bits per heavy atom. The van der Waals surface area contributed by atoms with Crippen LogP contribution < -0.4 is 0 Å². The molecule has 0 amide bonds. The molecule has 2 atom stereocenters. The van der Waals surface area contributed by atoms with Gasteiger partial charge in [-0.2, -0.15) is 16.8 Å². The summed E-state index contributed by atoms with van der Waals surface area (Å²) < 4.78 is 88.1. The second-order valence-electron chi connectivity index (χ2n) is 10.6. The predicted molar refractivity (Wildman–Crippen MR) is 160 cm³/mol. The third kappa shape index (κ3) is 32.4. The van der Waals surface area contributed by atoms with Gasteiger partial charge >= 0.3 is 20.8 Å². The van der Waals surface area contributed by atoms with Crippen molar-refractivity contribution in [1.29, 1.82) is 0 Å². The minimum atomic E-state index is -4.56. The monoisotopic (exact) mass is 634 g/mol. The van der Waals surface area contributed by atoms with Gasteiger partial charge in [-0.15, -0.1) is 0 Å². The Hall–Kier alpha value is -0.380. The van der Waals surface area contributed by atoms with E-state index in [4.69, 9.17) is 27.5 Å². The van der Waals surface area contributed by atoms with Crippen LogP contribution in [0.15, 0.2) is 0 Å². The number of hydrogen-bond donors (Lipinski definition) is 2. The van der Waals surface area contributed by atoms with Crippen LogP contribution >= 0.6 is 0 Å². The van der Waals surface area contributed by atoms with E-state index < -0.39 is 33.0 Å². The predicted octanol–water partition coefficient (Wildman–Crippen LogP) is 6.47. The Morgan fingerprint density at radius 3 is 1.44 bits per heavy atom. The van der Waals surface area contributed by atoms with Crippen molar-refractivity contribution in [3.05, 3.63) is 0 Å². The van der Waals surface area contributed by atoms with E-state index in [0.29, 0.717) is 12.8 Å². The molecule has 2 N–H and O–H groups in total. The van der Waals surface area contributed by atoms with Crippen molar-refractivity contribution in [1.82, 2.24) is 0 Å². The van der Waals surface area contributed by atoms with Crippen molar-refractivity contribution in [3.8, 4) is 0 Å². The molecule has 13 heteroatoms. The van der Waals surface area contributed by atoms with Crippen LogP contribution in [0.1, 0.15) is 129 Å². The van der Waals surface area contributed by atoms with E-state index >= 15 is 0 Å². The van der Waals surface area contributed by atoms with Gasteiger partial charge in [-0.05, 0) is 12.8 Å². The highest BCUT2D eigenvalue weighted by Crippen LogP contribution is 2.14. The van der Waals surface area contributed by atoms with Gasteiger partial charge in [0.2, 0.25) is 0 Å². The van der Waals surface area contributed by atoms with Gasteiger partial charge in [0, 0.05) is 0 Å². The molecular weight excluding hydrogens is 576 g/mol. The first-order valence-electron chi connectivity index (χ1n) is 15.6. The Morgan fingerprint density at radius 2 is 0.951 bits per heavy atom. The molecule has 0 heterocycles. The van der Waals surface area contributed by atoms with Gasteiger partial charge in [0.25, 0.3) is 0 Å². The Labute approximate surface area is 250 Å². The molecule has 0 aromatic heterocycles. The smallest absolute Gasteiger partial charge is 0.377 e. The maximum absolute atomic E-state index is 11.2. The molecule has 0 aliphatic heterocycles. The van der Waals surface area contributed by atoms with Crippen LogP contribution in [0, 0.1) is 0 Å². The van der Waals surface area contributed by atoms with Gasteiger partial charge < -0.3 is 14.2 Å². The lowest BCUT2D eigenvalue weighted by Crippen LogP contribution is -2.25. The van der Waals surface area contributed by atoms with E-state index in [1.165, 1.54) is 57.8 Å². The van der Waals surface area contributed by atoms with Gasteiger partial charge in [-0.25, -0.2) is 8.37 Å². The molecule has 0 rings (SSSR count). The Balaban J connectivity index is 4.12. The van der Waals surface area contributed by atoms with Crippen LogP contribution in [0.3, 0.4) is 0 Å². The van der Waals surface area contributed by atoms with Crippen molar-refractivity contribution >= 4 is 20.8 Å². The maximum Gasteiger partial charge on any atom is 0.397 e. The number of rotatable bonds is 32. The largest absolute Gasteiger partial charge is 0.397 e. The molecule has 0 aromatic rings. The van der Waals surface area contributed by atoms with Crippen molar-refractivity contribution in [2.75, 3.05) is 39.6 Å². The Kier molecular flexibility index (Phi) is 26.9. The molecular formula is C28H58O11S2. The van der Waals surface area contributed by atoms with Crippen LogP contribution in [-0.2, 0) is 43.4 Å². The number of hydrogen-bond acceptors (Lipinski definition) is 9. The third-order valence-electron chi connectivity index (χ3n) is 6.68. The molecule has 0 aliphatic rings. The summed E-state index contributed by atoms with van der Waals surface area (Å²) in [5.74, 6) is 0. The molecule has 0 spiro atoms. The first kappa shape index (κ1) is 40.6. The zero-order valence-electron chi connectivity index (χ0n) is 25.5. The normalized spacial score (nSPS) is 14.0. The highest BCUT2D eigenvalue weighted by atomic mass is 32.3. The molecule has 11 nitrogen and oxygen atoms in total. The van der Waals surface area contributed by atoms with E-state index in [0.717, 1.165) is 44.9 Å². The first-order chi connectivity index (χ1) is 19.6. The molecule has 0 saturated heterocycles. The van der Waals surface area contributed by atoms with Gasteiger partial charge in [0.1, 0.15) is 6.10 Å². The number of unbranched alkanes of at least 4 members (excludes halogenated alkanes) is 14. The molecule has 0 radical (unpaired) electrons. The summed E-state index contributed by atoms with van der Waals surface area (Å²) in [5, 5.41) is 0. The van der Waals surface area contributed by atoms with E-state index in [1.807, 2.05) is 0 Å². The summed E-state index contributed by atoms with van der Waals surface area (Å²) in [6.45, 7) is 5.03.